The van der Waals surface area contributed by atoms with E-state index in [-0.39, 0.29) is 12.5 Å². The number of carboxylic acids is 1. The molecule has 94 valence electrons. The van der Waals surface area contributed by atoms with Crippen LogP contribution in [0.4, 0.5) is 0 Å². The third kappa shape index (κ3) is 4.85. The monoisotopic (exact) mass is 248 g/mol. The van der Waals surface area contributed by atoms with Crippen LogP contribution in [-0.4, -0.2) is 45.8 Å². The number of rotatable bonds is 6. The molecule has 16 heavy (non-hydrogen) atoms. The molecule has 0 aliphatic carbocycles. The first-order valence-electron chi connectivity index (χ1n) is 5.18. The topological polar surface area (TPSA) is 83.6 Å². The molecular formula is C10H20N2O3S. The molecule has 0 radical (unpaired) electrons. The van der Waals surface area contributed by atoms with Gasteiger partial charge in [0.2, 0.25) is 5.91 Å². The number of aliphatic carboxylic acids is 1. The number of thiol groups is 1. The van der Waals surface area contributed by atoms with Crippen LogP contribution in [0.15, 0.2) is 0 Å². The Labute approximate surface area is 101 Å². The molecule has 0 spiro atoms. The molecule has 1 amide bonds. The fourth-order valence-electron chi connectivity index (χ4n) is 1.20. The molecule has 0 aliphatic heterocycles. The van der Waals surface area contributed by atoms with Crippen molar-refractivity contribution in [1.82, 2.24) is 4.90 Å². The van der Waals surface area contributed by atoms with Gasteiger partial charge in [-0.3, -0.25) is 9.59 Å². The molecule has 3 N–H and O–H groups in total. The second kappa shape index (κ2) is 6.10. The lowest BCUT2D eigenvalue weighted by molar-refractivity contribution is -0.145. The quantitative estimate of drug-likeness (QED) is 0.592. The highest BCUT2D eigenvalue weighted by Gasteiger charge is 2.32. The number of carbonyl (C=O) groups is 2. The van der Waals surface area contributed by atoms with E-state index in [1.165, 1.54) is 4.90 Å². The van der Waals surface area contributed by atoms with E-state index in [4.69, 9.17) is 10.8 Å². The van der Waals surface area contributed by atoms with E-state index in [0.717, 1.165) is 0 Å². The van der Waals surface area contributed by atoms with Crippen LogP contribution < -0.4 is 5.73 Å². The minimum absolute atomic E-state index is 0.315. The van der Waals surface area contributed by atoms with Crippen molar-refractivity contribution in [3.8, 4) is 0 Å². The summed E-state index contributed by atoms with van der Waals surface area (Å²) in [6.07, 6.45) is 0.693. The summed E-state index contributed by atoms with van der Waals surface area (Å²) in [5.41, 5.74) is 5.74. The van der Waals surface area contributed by atoms with Gasteiger partial charge in [-0.05, 0) is 20.3 Å². The summed E-state index contributed by atoms with van der Waals surface area (Å²) in [6, 6.07) is -0.804. The molecule has 0 bridgehead atoms. The first-order valence-corrected chi connectivity index (χ1v) is 5.63. The van der Waals surface area contributed by atoms with Crippen molar-refractivity contribution in [2.24, 2.45) is 5.73 Å². The van der Waals surface area contributed by atoms with Gasteiger partial charge in [-0.2, -0.15) is 12.6 Å². The zero-order valence-corrected chi connectivity index (χ0v) is 10.8. The van der Waals surface area contributed by atoms with Gasteiger partial charge in [-0.15, -0.1) is 0 Å². The predicted octanol–water partition coefficient (Wildman–Crippen LogP) is 0.345. The van der Waals surface area contributed by atoms with E-state index in [9.17, 15) is 9.59 Å². The number of amides is 1. The highest BCUT2D eigenvalue weighted by atomic mass is 32.1. The summed E-state index contributed by atoms with van der Waals surface area (Å²) in [4.78, 5) is 23.8. The van der Waals surface area contributed by atoms with E-state index in [1.54, 1.807) is 13.8 Å². The van der Waals surface area contributed by atoms with E-state index >= 15 is 0 Å². The average Bonchev–Trinajstić information content (AvgIpc) is 2.12. The minimum atomic E-state index is -1.04. The molecule has 0 aromatic heterocycles. The fraction of sp³-hybridized carbons (Fsp3) is 0.800. The van der Waals surface area contributed by atoms with Gasteiger partial charge in [-0.25, -0.2) is 0 Å². The summed E-state index contributed by atoms with van der Waals surface area (Å²) in [6.45, 7) is 5.40. The number of nitrogens with two attached hydrogens (primary N) is 1. The Hall–Kier alpha value is -0.750. The third-order valence-corrected chi connectivity index (χ3v) is 2.44. The zero-order valence-electron chi connectivity index (χ0n) is 9.93. The Morgan fingerprint density at radius 3 is 2.31 bits per heavy atom. The van der Waals surface area contributed by atoms with Crippen LogP contribution in [0.5, 0.6) is 0 Å². The molecule has 0 aromatic rings. The number of hydrogen-bond acceptors (Lipinski definition) is 4. The van der Waals surface area contributed by atoms with Crippen molar-refractivity contribution in [2.45, 2.75) is 38.0 Å². The molecule has 6 heteroatoms. The highest BCUT2D eigenvalue weighted by molar-refractivity contribution is 7.81. The lowest BCUT2D eigenvalue weighted by Crippen LogP contribution is -2.53. The molecule has 1 atom stereocenters. The second-order valence-corrected chi connectivity index (χ2v) is 5.44. The van der Waals surface area contributed by atoms with Crippen LogP contribution in [0.2, 0.25) is 0 Å². The lowest BCUT2D eigenvalue weighted by atomic mass is 10.0. The molecule has 0 aromatic carbocycles. The third-order valence-electron chi connectivity index (χ3n) is 2.16. The van der Waals surface area contributed by atoms with E-state index in [0.29, 0.717) is 13.0 Å². The van der Waals surface area contributed by atoms with Crippen LogP contribution in [-0.2, 0) is 9.59 Å². The Bertz CT molecular complexity index is 263. The largest absolute Gasteiger partial charge is 0.480 e. The molecule has 0 heterocycles. The summed E-state index contributed by atoms with van der Waals surface area (Å²) in [7, 11) is 0. The molecule has 0 saturated heterocycles. The second-order valence-electron chi connectivity index (χ2n) is 4.28. The summed E-state index contributed by atoms with van der Waals surface area (Å²) >= 11 is 4.22. The van der Waals surface area contributed by atoms with E-state index < -0.39 is 16.8 Å². The van der Waals surface area contributed by atoms with Crippen LogP contribution in [0.3, 0.4) is 0 Å². The Morgan fingerprint density at radius 1 is 1.50 bits per heavy atom. The van der Waals surface area contributed by atoms with Crippen molar-refractivity contribution in [1.29, 1.82) is 0 Å². The van der Waals surface area contributed by atoms with Crippen molar-refractivity contribution < 1.29 is 14.7 Å². The molecule has 0 saturated carbocycles. The van der Waals surface area contributed by atoms with Gasteiger partial charge in [0.15, 0.2) is 0 Å². The van der Waals surface area contributed by atoms with Gasteiger partial charge >= 0.3 is 5.97 Å². The minimum Gasteiger partial charge on any atom is -0.480 e. The van der Waals surface area contributed by atoms with Crippen molar-refractivity contribution >= 4 is 24.5 Å². The van der Waals surface area contributed by atoms with E-state index in [1.807, 2.05) is 6.92 Å². The molecule has 0 fully saturated rings. The van der Waals surface area contributed by atoms with E-state index in [2.05, 4.69) is 12.6 Å². The molecule has 0 rings (SSSR count). The Morgan fingerprint density at radius 2 is 2.00 bits per heavy atom. The van der Waals surface area contributed by atoms with Crippen LogP contribution >= 0.6 is 12.6 Å². The summed E-state index contributed by atoms with van der Waals surface area (Å²) < 4.78 is -0.665. The van der Waals surface area contributed by atoms with Gasteiger partial charge in [0.05, 0.1) is 6.04 Å². The van der Waals surface area contributed by atoms with Crippen LogP contribution in [0.25, 0.3) is 0 Å². The fourth-order valence-corrected chi connectivity index (χ4v) is 1.31. The Balaban J connectivity index is 4.67. The lowest BCUT2D eigenvalue weighted by Gasteiger charge is -2.30. The Kier molecular flexibility index (Phi) is 5.81. The van der Waals surface area contributed by atoms with Crippen molar-refractivity contribution in [3.63, 3.8) is 0 Å². The van der Waals surface area contributed by atoms with Gasteiger partial charge in [0, 0.05) is 11.3 Å². The predicted molar refractivity (Wildman–Crippen MR) is 65.5 cm³/mol. The number of carbonyl (C=O) groups excluding carboxylic acids is 1. The summed E-state index contributed by atoms with van der Waals surface area (Å²) in [5.74, 6) is -1.41. The first kappa shape index (κ1) is 15.2. The van der Waals surface area contributed by atoms with Crippen molar-refractivity contribution in [3.05, 3.63) is 0 Å². The van der Waals surface area contributed by atoms with Crippen molar-refractivity contribution in [2.75, 3.05) is 13.1 Å². The van der Waals surface area contributed by atoms with Gasteiger partial charge in [-0.1, -0.05) is 6.92 Å². The van der Waals surface area contributed by atoms with Gasteiger partial charge in [0.25, 0.3) is 0 Å². The normalized spacial score (nSPS) is 13.3. The van der Waals surface area contributed by atoms with Crippen LogP contribution in [0, 0.1) is 0 Å². The number of nitrogens with zero attached hydrogens (tertiary/aromatic N) is 1. The molecular weight excluding hydrogens is 228 g/mol. The first-order chi connectivity index (χ1) is 7.20. The zero-order chi connectivity index (χ0) is 12.9. The smallest absolute Gasteiger partial charge is 0.323 e. The number of hydrogen-bond donors (Lipinski definition) is 3. The maximum atomic E-state index is 11.9. The van der Waals surface area contributed by atoms with Crippen LogP contribution in [0.1, 0.15) is 27.2 Å². The maximum Gasteiger partial charge on any atom is 0.323 e. The molecule has 0 unspecified atom stereocenters. The van der Waals surface area contributed by atoms with Gasteiger partial charge in [0.1, 0.15) is 6.54 Å². The highest BCUT2D eigenvalue weighted by Crippen LogP contribution is 2.17. The molecule has 5 nitrogen and oxygen atoms in total. The standard InChI is InChI=1S/C10H20N2O3S/c1-4-5-12(6-7(13)14)9(15)8(11)10(2,3)16/h8,16H,4-6,11H2,1-3H3,(H,13,14)/t8-/m1/s1. The molecule has 0 aliphatic rings. The maximum absolute atomic E-state index is 11.9. The average molecular weight is 248 g/mol. The van der Waals surface area contributed by atoms with Gasteiger partial charge < -0.3 is 15.7 Å². The summed E-state index contributed by atoms with van der Waals surface area (Å²) in [5, 5.41) is 8.69. The SMILES string of the molecule is CCCN(CC(=O)O)C(=O)[C@@H](N)C(C)(C)S. The number of carboxylic acid groups (broad SMARTS) is 1.